The number of aliphatic hydroxyl groups is 1. The van der Waals surface area contributed by atoms with Crippen molar-refractivity contribution in [2.45, 2.75) is 0 Å². The van der Waals surface area contributed by atoms with Gasteiger partial charge in [-0.1, -0.05) is 6.07 Å². The van der Waals surface area contributed by atoms with Gasteiger partial charge in [0.1, 0.15) is 11.6 Å². The molecule has 0 bridgehead atoms. The fourth-order valence-electron chi connectivity index (χ4n) is 0.999. The number of hydrogen-bond donors (Lipinski definition) is 1. The van der Waals surface area contributed by atoms with Crippen molar-refractivity contribution in [3.63, 3.8) is 0 Å². The second-order valence-corrected chi connectivity index (χ2v) is 3.50. The normalized spacial score (nSPS) is 11.6. The first kappa shape index (κ1) is 11.2. The minimum atomic E-state index is -0.580. The molecule has 0 aliphatic rings. The molecule has 14 heavy (non-hydrogen) atoms. The van der Waals surface area contributed by atoms with Gasteiger partial charge in [0, 0.05) is 0 Å². The number of methoxy groups -OCH3 is 1. The fraction of sp³-hybridized carbons (Fsp3) is 0.200. The van der Waals surface area contributed by atoms with Crippen LogP contribution < -0.4 is 4.74 Å². The summed E-state index contributed by atoms with van der Waals surface area (Å²) < 4.78 is 18.5. The van der Waals surface area contributed by atoms with Crippen molar-refractivity contribution in [1.82, 2.24) is 0 Å². The van der Waals surface area contributed by atoms with Crippen LogP contribution in [0.5, 0.6) is 5.75 Å². The molecule has 0 heterocycles. The van der Waals surface area contributed by atoms with Gasteiger partial charge >= 0.3 is 0 Å². The van der Waals surface area contributed by atoms with Crippen molar-refractivity contribution in [2.24, 2.45) is 0 Å². The highest BCUT2D eigenvalue weighted by molar-refractivity contribution is 9.10. The van der Waals surface area contributed by atoms with Crippen LogP contribution in [-0.4, -0.2) is 18.8 Å². The molecule has 0 saturated heterocycles. The van der Waals surface area contributed by atoms with Gasteiger partial charge in [-0.25, -0.2) is 4.39 Å². The van der Waals surface area contributed by atoms with E-state index in [1.807, 2.05) is 0 Å². The molecule has 0 fully saturated rings. The fourth-order valence-corrected chi connectivity index (χ4v) is 1.56. The Morgan fingerprint density at radius 1 is 1.64 bits per heavy atom. The van der Waals surface area contributed by atoms with Crippen LogP contribution >= 0.6 is 15.9 Å². The Morgan fingerprint density at radius 3 is 2.86 bits per heavy atom. The summed E-state index contributed by atoms with van der Waals surface area (Å²) in [6.45, 7) is -0.580. The van der Waals surface area contributed by atoms with Gasteiger partial charge in [0.2, 0.25) is 0 Å². The molecule has 2 nitrogen and oxygen atoms in total. The largest absolute Gasteiger partial charge is 0.496 e. The van der Waals surface area contributed by atoms with Crippen LogP contribution in [-0.2, 0) is 0 Å². The third-order valence-electron chi connectivity index (χ3n) is 1.65. The lowest BCUT2D eigenvalue weighted by Gasteiger charge is -2.03. The van der Waals surface area contributed by atoms with E-state index in [0.29, 0.717) is 11.3 Å². The molecular formula is C10H10BrFO2. The lowest BCUT2D eigenvalue weighted by molar-refractivity contribution is 0.300. The van der Waals surface area contributed by atoms with Gasteiger partial charge < -0.3 is 9.84 Å². The molecule has 0 atom stereocenters. The lowest BCUT2D eigenvalue weighted by Crippen LogP contribution is -1.86. The van der Waals surface area contributed by atoms with Gasteiger partial charge in [-0.3, -0.25) is 0 Å². The summed E-state index contributed by atoms with van der Waals surface area (Å²) in [6, 6.07) is 5.15. The average molecular weight is 261 g/mol. The standard InChI is InChI=1S/C10H10BrFO2/c1-14-10-3-2-7(5-9(10)11)4-8(12)6-13/h2-5,13H,6H2,1H3/b8-4-. The first-order chi connectivity index (χ1) is 6.67. The Bertz CT molecular complexity index is 350. The molecule has 0 radical (unpaired) electrons. The van der Waals surface area contributed by atoms with E-state index >= 15 is 0 Å². The summed E-state index contributed by atoms with van der Waals surface area (Å²) in [5, 5.41) is 8.49. The van der Waals surface area contributed by atoms with Gasteiger partial charge in [-0.2, -0.15) is 0 Å². The molecule has 1 aromatic rings. The molecular weight excluding hydrogens is 251 g/mol. The topological polar surface area (TPSA) is 29.5 Å². The molecule has 0 aliphatic carbocycles. The molecule has 76 valence electrons. The molecule has 1 N–H and O–H groups in total. The minimum Gasteiger partial charge on any atom is -0.496 e. The van der Waals surface area contributed by atoms with Crippen molar-refractivity contribution >= 4 is 22.0 Å². The number of benzene rings is 1. The van der Waals surface area contributed by atoms with Gasteiger partial charge in [-0.05, 0) is 39.7 Å². The Balaban J connectivity index is 2.97. The number of halogens is 2. The van der Waals surface area contributed by atoms with Crippen molar-refractivity contribution in [3.05, 3.63) is 34.1 Å². The monoisotopic (exact) mass is 260 g/mol. The molecule has 0 spiro atoms. The molecule has 0 aliphatic heterocycles. The highest BCUT2D eigenvalue weighted by Gasteiger charge is 2.00. The summed E-state index contributed by atoms with van der Waals surface area (Å²) >= 11 is 3.28. The lowest BCUT2D eigenvalue weighted by atomic mass is 10.2. The molecule has 0 saturated carbocycles. The number of ether oxygens (including phenoxy) is 1. The Kier molecular flexibility index (Phi) is 4.10. The zero-order valence-electron chi connectivity index (χ0n) is 7.63. The van der Waals surface area contributed by atoms with E-state index in [2.05, 4.69) is 15.9 Å². The molecule has 4 heteroatoms. The van der Waals surface area contributed by atoms with E-state index in [1.165, 1.54) is 6.08 Å². The van der Waals surface area contributed by atoms with E-state index in [0.717, 1.165) is 4.47 Å². The number of aliphatic hydroxyl groups excluding tert-OH is 1. The maximum atomic E-state index is 12.7. The molecule has 1 aromatic carbocycles. The van der Waals surface area contributed by atoms with Crippen LogP contribution in [0.3, 0.4) is 0 Å². The van der Waals surface area contributed by atoms with Gasteiger partial charge in [0.15, 0.2) is 0 Å². The summed E-state index contributed by atoms with van der Waals surface area (Å²) in [7, 11) is 1.56. The van der Waals surface area contributed by atoms with E-state index < -0.39 is 12.4 Å². The Morgan fingerprint density at radius 2 is 2.36 bits per heavy atom. The highest BCUT2D eigenvalue weighted by atomic mass is 79.9. The van der Waals surface area contributed by atoms with Crippen LogP contribution in [0.15, 0.2) is 28.5 Å². The highest BCUT2D eigenvalue weighted by Crippen LogP contribution is 2.26. The molecule has 0 amide bonds. The predicted octanol–water partition coefficient (Wildman–Crippen LogP) is 2.76. The summed E-state index contributed by atoms with van der Waals surface area (Å²) in [4.78, 5) is 0. The minimum absolute atomic E-state index is 0.568. The number of rotatable bonds is 3. The predicted molar refractivity (Wildman–Crippen MR) is 56.9 cm³/mol. The zero-order chi connectivity index (χ0) is 10.6. The summed E-state index contributed by atoms with van der Waals surface area (Å²) in [6.07, 6.45) is 1.27. The van der Waals surface area contributed by atoms with Gasteiger partial charge in [0.25, 0.3) is 0 Å². The van der Waals surface area contributed by atoms with E-state index in [9.17, 15) is 4.39 Å². The van der Waals surface area contributed by atoms with Gasteiger partial charge in [0.05, 0.1) is 18.2 Å². The van der Waals surface area contributed by atoms with Crippen molar-refractivity contribution in [3.8, 4) is 5.75 Å². The van der Waals surface area contributed by atoms with Crippen LogP contribution in [0, 0.1) is 0 Å². The van der Waals surface area contributed by atoms with E-state index in [-0.39, 0.29) is 0 Å². The second kappa shape index (κ2) is 5.12. The Labute approximate surface area is 90.1 Å². The van der Waals surface area contributed by atoms with Crippen molar-refractivity contribution < 1.29 is 14.2 Å². The van der Waals surface area contributed by atoms with Gasteiger partial charge in [-0.15, -0.1) is 0 Å². The first-order valence-corrected chi connectivity index (χ1v) is 4.77. The Hall–Kier alpha value is -0.870. The maximum absolute atomic E-state index is 12.7. The smallest absolute Gasteiger partial charge is 0.133 e. The quantitative estimate of drug-likeness (QED) is 0.906. The molecule has 0 unspecified atom stereocenters. The third kappa shape index (κ3) is 2.82. The maximum Gasteiger partial charge on any atom is 0.133 e. The average Bonchev–Trinajstić information content (AvgIpc) is 2.18. The SMILES string of the molecule is COc1ccc(/C=C(\F)CO)cc1Br. The second-order valence-electron chi connectivity index (χ2n) is 2.64. The van der Waals surface area contributed by atoms with E-state index in [4.69, 9.17) is 9.84 Å². The summed E-state index contributed by atoms with van der Waals surface area (Å²) in [5.41, 5.74) is 0.671. The van der Waals surface area contributed by atoms with Crippen LogP contribution in [0.2, 0.25) is 0 Å². The van der Waals surface area contributed by atoms with Crippen LogP contribution in [0.25, 0.3) is 6.08 Å². The third-order valence-corrected chi connectivity index (χ3v) is 2.27. The number of hydrogen-bond acceptors (Lipinski definition) is 2. The van der Waals surface area contributed by atoms with Crippen molar-refractivity contribution in [2.75, 3.05) is 13.7 Å². The van der Waals surface area contributed by atoms with E-state index in [1.54, 1.807) is 25.3 Å². The molecule has 0 aromatic heterocycles. The van der Waals surface area contributed by atoms with Crippen molar-refractivity contribution in [1.29, 1.82) is 0 Å². The molecule has 1 rings (SSSR count). The summed E-state index contributed by atoms with van der Waals surface area (Å²) in [5.74, 6) is 0.119. The van der Waals surface area contributed by atoms with Crippen LogP contribution in [0.4, 0.5) is 4.39 Å². The zero-order valence-corrected chi connectivity index (χ0v) is 9.21. The first-order valence-electron chi connectivity index (χ1n) is 3.98. The van der Waals surface area contributed by atoms with Crippen LogP contribution in [0.1, 0.15) is 5.56 Å².